The van der Waals surface area contributed by atoms with Crippen LogP contribution in [0, 0.1) is 0 Å². The Labute approximate surface area is 300 Å². The number of hydrogen-bond donors (Lipinski definition) is 0. The second-order valence-electron chi connectivity index (χ2n) is 11.8. The van der Waals surface area contributed by atoms with Gasteiger partial charge in [0.05, 0.1) is 23.4 Å². The van der Waals surface area contributed by atoms with Crippen molar-refractivity contribution in [2.75, 3.05) is 0 Å². The van der Waals surface area contributed by atoms with E-state index in [1.807, 2.05) is 84.9 Å². The highest BCUT2D eigenvalue weighted by atomic mass is 16.3. The number of hydrogen-bond acceptors (Lipinski definition) is 4. The summed E-state index contributed by atoms with van der Waals surface area (Å²) in [7, 11) is 0. The smallest absolute Gasteiger partial charge is 0.164 e. The molecule has 0 saturated carbocycles. The van der Waals surface area contributed by atoms with Crippen molar-refractivity contribution in [3.05, 3.63) is 170 Å². The molecule has 0 spiro atoms. The van der Waals surface area contributed by atoms with Crippen molar-refractivity contribution in [3.63, 3.8) is 0 Å². The first-order valence-corrected chi connectivity index (χ1v) is 16.0. The van der Waals surface area contributed by atoms with Gasteiger partial charge in [0, 0.05) is 49.5 Å². The van der Waals surface area contributed by atoms with E-state index in [0.717, 1.165) is 27.5 Å². The molecule has 234 valence electrons. The molecule has 5 heteroatoms. The van der Waals surface area contributed by atoms with Crippen LogP contribution in [-0.4, -0.2) is 19.5 Å². The van der Waals surface area contributed by atoms with Crippen LogP contribution < -0.4 is 0 Å². The van der Waals surface area contributed by atoms with Gasteiger partial charge in [0.15, 0.2) is 17.5 Å². The molecule has 0 amide bonds. The maximum absolute atomic E-state index is 9.08. The standard InChI is InChI=1S/C45H28N4O/c1-3-13-29(14-4-1)33-19-11-20-35-34-17-7-9-22-38(34)49(42(33)35)32-27-25-31(26-28-32)44-46-43(30-15-5-2-6-16-30)47-45(48-44)37-21-12-24-40-41(37)36-18-8-10-23-39(36)50-40/h1-28H/i1D,3D,4D,7D,9D,13D,14D,17D,22D. The van der Waals surface area contributed by atoms with Crippen molar-refractivity contribution in [1.82, 2.24) is 19.5 Å². The third kappa shape index (κ3) is 4.52. The summed E-state index contributed by atoms with van der Waals surface area (Å²) >= 11 is 0. The molecule has 50 heavy (non-hydrogen) atoms. The zero-order valence-corrected chi connectivity index (χ0v) is 26.2. The number of para-hydroxylation sites is 3. The monoisotopic (exact) mass is 649 g/mol. The maximum Gasteiger partial charge on any atom is 0.164 e. The maximum atomic E-state index is 9.08. The number of benzene rings is 7. The van der Waals surface area contributed by atoms with Gasteiger partial charge in [0.25, 0.3) is 0 Å². The number of rotatable bonds is 5. The number of fused-ring (bicyclic) bond motifs is 6. The van der Waals surface area contributed by atoms with E-state index < -0.39 is 42.3 Å². The third-order valence-corrected chi connectivity index (χ3v) is 8.88. The first kappa shape index (κ1) is 20.5. The van der Waals surface area contributed by atoms with Crippen molar-refractivity contribution < 1.29 is 16.8 Å². The van der Waals surface area contributed by atoms with Gasteiger partial charge in [0.2, 0.25) is 0 Å². The van der Waals surface area contributed by atoms with E-state index in [2.05, 4.69) is 0 Å². The molecule has 0 unspecified atom stereocenters. The molecule has 0 aliphatic carbocycles. The van der Waals surface area contributed by atoms with E-state index in [0.29, 0.717) is 45.2 Å². The Bertz CT molecular complexity index is 3350. The lowest BCUT2D eigenvalue weighted by molar-refractivity contribution is 0.669. The summed E-state index contributed by atoms with van der Waals surface area (Å²) in [5.41, 5.74) is 4.87. The molecular formula is C45H28N4O. The second kappa shape index (κ2) is 11.4. The first-order chi connectivity index (χ1) is 28.5. The van der Waals surface area contributed by atoms with Crippen LogP contribution in [0.25, 0.3) is 94.7 Å². The van der Waals surface area contributed by atoms with Crippen LogP contribution in [-0.2, 0) is 0 Å². The lowest BCUT2D eigenvalue weighted by Gasteiger charge is -2.13. The lowest BCUT2D eigenvalue weighted by Crippen LogP contribution is -2.01. The van der Waals surface area contributed by atoms with E-state index in [9.17, 15) is 0 Å². The zero-order chi connectivity index (χ0) is 40.9. The molecule has 0 bridgehead atoms. The Morgan fingerprint density at radius 1 is 0.460 bits per heavy atom. The quantitative estimate of drug-likeness (QED) is 0.186. The average molecular weight is 650 g/mol. The van der Waals surface area contributed by atoms with Crippen molar-refractivity contribution in [2.45, 2.75) is 0 Å². The highest BCUT2D eigenvalue weighted by molar-refractivity contribution is 6.14. The van der Waals surface area contributed by atoms with Crippen LogP contribution in [0.4, 0.5) is 0 Å². The SMILES string of the molecule is [2H]c1c([2H])c([2H])c(-c2cccc3c4c([2H])c([2H])c([2H])c([2H])c4n(-c4ccc(-c5nc(-c6ccccc6)nc(-c6cccc7oc8ccccc8c67)n5)cc4)c23)c([2H])c1[2H]. The molecule has 7 aromatic carbocycles. The van der Waals surface area contributed by atoms with Gasteiger partial charge in [0.1, 0.15) is 11.2 Å². The summed E-state index contributed by atoms with van der Waals surface area (Å²) in [4.78, 5) is 14.9. The van der Waals surface area contributed by atoms with Crippen LogP contribution >= 0.6 is 0 Å². The molecule has 3 heterocycles. The van der Waals surface area contributed by atoms with E-state index in [1.54, 1.807) is 34.9 Å². The summed E-state index contributed by atoms with van der Waals surface area (Å²) in [5.74, 6) is 1.28. The van der Waals surface area contributed by atoms with Crippen LogP contribution in [0.1, 0.15) is 12.3 Å². The van der Waals surface area contributed by atoms with Crippen LogP contribution in [0.3, 0.4) is 0 Å². The third-order valence-electron chi connectivity index (χ3n) is 8.88. The Morgan fingerprint density at radius 2 is 1.10 bits per heavy atom. The minimum absolute atomic E-state index is 0.0518. The molecule has 0 aliphatic heterocycles. The fourth-order valence-electron chi connectivity index (χ4n) is 6.67. The van der Waals surface area contributed by atoms with E-state index in [4.69, 9.17) is 31.7 Å². The molecule has 10 rings (SSSR count). The highest BCUT2D eigenvalue weighted by Crippen LogP contribution is 2.39. The van der Waals surface area contributed by atoms with Gasteiger partial charge < -0.3 is 8.98 Å². The Hall–Kier alpha value is -6.85. The van der Waals surface area contributed by atoms with Gasteiger partial charge in [-0.1, -0.05) is 127 Å². The van der Waals surface area contributed by atoms with Gasteiger partial charge in [-0.3, -0.25) is 0 Å². The summed E-state index contributed by atoms with van der Waals surface area (Å²) in [6, 6.07) is 31.6. The van der Waals surface area contributed by atoms with Crippen LogP contribution in [0.2, 0.25) is 0 Å². The van der Waals surface area contributed by atoms with E-state index in [-0.39, 0.29) is 34.1 Å². The fraction of sp³-hybridized carbons (Fsp3) is 0. The highest BCUT2D eigenvalue weighted by Gasteiger charge is 2.19. The molecule has 3 aromatic heterocycles. The van der Waals surface area contributed by atoms with E-state index in [1.165, 1.54) is 0 Å². The first-order valence-electron chi connectivity index (χ1n) is 20.5. The Balaban J connectivity index is 1.21. The summed E-state index contributed by atoms with van der Waals surface area (Å²) in [5, 5.41) is 2.47. The minimum Gasteiger partial charge on any atom is -0.456 e. The number of aromatic nitrogens is 4. The summed E-state index contributed by atoms with van der Waals surface area (Å²) < 4.78 is 85.7. The fourth-order valence-corrected chi connectivity index (χ4v) is 6.67. The number of nitrogens with zero attached hydrogens (tertiary/aromatic N) is 4. The van der Waals surface area contributed by atoms with Gasteiger partial charge in [-0.2, -0.15) is 0 Å². The van der Waals surface area contributed by atoms with Crippen molar-refractivity contribution >= 4 is 43.7 Å². The summed E-state index contributed by atoms with van der Waals surface area (Å²) in [6.45, 7) is 0. The average Bonchev–Trinajstić information content (AvgIpc) is 3.83. The molecule has 10 aromatic rings. The molecule has 0 fully saturated rings. The molecule has 0 saturated heterocycles. The molecule has 5 nitrogen and oxygen atoms in total. The van der Waals surface area contributed by atoms with Crippen LogP contribution in [0.5, 0.6) is 0 Å². The lowest BCUT2D eigenvalue weighted by atomic mass is 10.0. The molecule has 0 atom stereocenters. The predicted octanol–water partition coefficient (Wildman–Crippen LogP) is 11.5. The molecular weight excluding hydrogens is 613 g/mol. The van der Waals surface area contributed by atoms with Crippen molar-refractivity contribution in [1.29, 1.82) is 0 Å². The van der Waals surface area contributed by atoms with Gasteiger partial charge in [-0.25, -0.2) is 15.0 Å². The summed E-state index contributed by atoms with van der Waals surface area (Å²) in [6.07, 6.45) is 0. The number of furan rings is 1. The molecule has 0 radical (unpaired) electrons. The Morgan fingerprint density at radius 3 is 1.94 bits per heavy atom. The normalized spacial score (nSPS) is 14.1. The minimum atomic E-state index is -0.529. The molecule has 0 N–H and O–H groups in total. The van der Waals surface area contributed by atoms with Crippen LogP contribution in [0.15, 0.2) is 174 Å². The topological polar surface area (TPSA) is 56.7 Å². The predicted molar refractivity (Wildman–Crippen MR) is 203 cm³/mol. The van der Waals surface area contributed by atoms with Crippen molar-refractivity contribution in [2.24, 2.45) is 0 Å². The van der Waals surface area contributed by atoms with Gasteiger partial charge >= 0.3 is 0 Å². The zero-order valence-electron chi connectivity index (χ0n) is 35.2. The van der Waals surface area contributed by atoms with Gasteiger partial charge in [-0.05, 0) is 48.0 Å². The molecule has 0 aliphatic rings. The van der Waals surface area contributed by atoms with Gasteiger partial charge in [-0.15, -0.1) is 0 Å². The second-order valence-corrected chi connectivity index (χ2v) is 11.8. The van der Waals surface area contributed by atoms with Crippen molar-refractivity contribution in [3.8, 4) is 51.0 Å². The van der Waals surface area contributed by atoms with E-state index >= 15 is 0 Å². The largest absolute Gasteiger partial charge is 0.456 e. The Kier molecular flexibility index (Phi) is 4.67.